The van der Waals surface area contributed by atoms with Gasteiger partial charge in [-0.15, -0.1) is 0 Å². The van der Waals surface area contributed by atoms with E-state index in [-0.39, 0.29) is 12.6 Å². The number of nitrogens with zero attached hydrogens (tertiary/aromatic N) is 4. The van der Waals surface area contributed by atoms with Crippen LogP contribution >= 0.6 is 0 Å². The molecule has 3 aliphatic rings. The van der Waals surface area contributed by atoms with Crippen molar-refractivity contribution in [2.45, 2.75) is 57.3 Å². The van der Waals surface area contributed by atoms with Gasteiger partial charge in [0, 0.05) is 48.6 Å². The molecule has 2 saturated carbocycles. The van der Waals surface area contributed by atoms with Crippen LogP contribution in [-0.4, -0.2) is 50.5 Å². The second-order valence-electron chi connectivity index (χ2n) is 9.96. The van der Waals surface area contributed by atoms with Gasteiger partial charge in [0.1, 0.15) is 5.82 Å². The van der Waals surface area contributed by atoms with Crippen molar-refractivity contribution >= 4 is 5.82 Å². The highest BCUT2D eigenvalue weighted by Gasteiger charge is 2.59. The van der Waals surface area contributed by atoms with Crippen LogP contribution in [0, 0.1) is 17.8 Å². The largest absolute Gasteiger partial charge is 0.419 e. The molecular weight excluding hydrogens is 419 g/mol. The van der Waals surface area contributed by atoms with E-state index in [0.717, 1.165) is 44.1 Å². The standard InChI is InChI=1S/C23H30F3N5O/c1-12(2)31-20(8-19(29-31)14-5-18(23(24,25)26)22(27)28-9-14)21-16-6-15(7-17(16)21)30-4-3-13(10-30)11-32/h5,8-9,12-13,15-17,21,32H,3-4,6-7,10-11H2,1-2H3,(H2,27,28)/t13-,15-,16-,17+,21+/m0/s1. The molecular formula is C23H30F3N5O. The van der Waals surface area contributed by atoms with Crippen LogP contribution in [0.3, 0.4) is 0 Å². The Bertz CT molecular complexity index is 992. The summed E-state index contributed by atoms with van der Waals surface area (Å²) in [6.07, 6.45) is 0.187. The summed E-state index contributed by atoms with van der Waals surface area (Å²) in [7, 11) is 0. The van der Waals surface area contributed by atoms with Crippen LogP contribution < -0.4 is 5.73 Å². The van der Waals surface area contributed by atoms with Crippen molar-refractivity contribution in [2.24, 2.45) is 17.8 Å². The lowest BCUT2D eigenvalue weighted by Gasteiger charge is -2.26. The predicted molar refractivity (Wildman–Crippen MR) is 115 cm³/mol. The molecule has 5 atom stereocenters. The van der Waals surface area contributed by atoms with Crippen LogP contribution in [0.15, 0.2) is 18.3 Å². The lowest BCUT2D eigenvalue weighted by molar-refractivity contribution is -0.137. The van der Waals surface area contributed by atoms with Gasteiger partial charge in [0.2, 0.25) is 0 Å². The number of nitrogens with two attached hydrogens (primary N) is 1. The van der Waals surface area contributed by atoms with E-state index in [9.17, 15) is 18.3 Å². The predicted octanol–water partition coefficient (Wildman–Crippen LogP) is 3.93. The lowest BCUT2D eigenvalue weighted by atomic mass is 10.0. The third kappa shape index (κ3) is 3.69. The van der Waals surface area contributed by atoms with Gasteiger partial charge in [0.05, 0.1) is 11.3 Å². The summed E-state index contributed by atoms with van der Waals surface area (Å²) in [5.41, 5.74) is 6.51. The van der Waals surface area contributed by atoms with E-state index < -0.39 is 17.6 Å². The van der Waals surface area contributed by atoms with Gasteiger partial charge in [-0.05, 0) is 69.5 Å². The van der Waals surface area contributed by atoms with Gasteiger partial charge >= 0.3 is 6.18 Å². The molecule has 3 fully saturated rings. The molecule has 174 valence electrons. The molecule has 0 bridgehead atoms. The summed E-state index contributed by atoms with van der Waals surface area (Å²) in [5, 5.41) is 14.1. The molecule has 0 aromatic carbocycles. The number of aromatic nitrogens is 3. The van der Waals surface area contributed by atoms with E-state index >= 15 is 0 Å². The minimum atomic E-state index is -4.55. The molecule has 32 heavy (non-hydrogen) atoms. The number of aliphatic hydroxyl groups is 1. The highest BCUT2D eigenvalue weighted by Crippen LogP contribution is 2.64. The lowest BCUT2D eigenvalue weighted by Crippen LogP contribution is -2.33. The fourth-order valence-corrected chi connectivity index (χ4v) is 5.95. The first-order chi connectivity index (χ1) is 15.2. The first-order valence-electron chi connectivity index (χ1n) is 11.4. The average molecular weight is 450 g/mol. The zero-order chi connectivity index (χ0) is 22.8. The van der Waals surface area contributed by atoms with E-state index in [0.29, 0.717) is 41.0 Å². The van der Waals surface area contributed by atoms with Crippen molar-refractivity contribution in [2.75, 3.05) is 25.4 Å². The van der Waals surface area contributed by atoms with Crippen molar-refractivity contribution in [3.63, 3.8) is 0 Å². The van der Waals surface area contributed by atoms with E-state index in [1.807, 2.05) is 24.6 Å². The van der Waals surface area contributed by atoms with Crippen LogP contribution in [0.25, 0.3) is 11.3 Å². The fraction of sp³-hybridized carbons (Fsp3) is 0.652. The van der Waals surface area contributed by atoms with E-state index in [1.165, 1.54) is 6.20 Å². The number of rotatable bonds is 5. The summed E-state index contributed by atoms with van der Waals surface area (Å²) in [6.45, 7) is 6.42. The zero-order valence-electron chi connectivity index (χ0n) is 18.4. The normalized spacial score (nSPS) is 30.3. The van der Waals surface area contributed by atoms with Gasteiger partial charge in [0.15, 0.2) is 0 Å². The quantitative estimate of drug-likeness (QED) is 0.723. The summed E-state index contributed by atoms with van der Waals surface area (Å²) in [6, 6.07) is 3.70. The zero-order valence-corrected chi connectivity index (χ0v) is 18.4. The molecule has 0 amide bonds. The molecule has 3 N–H and O–H groups in total. The molecule has 6 nitrogen and oxygen atoms in total. The molecule has 0 spiro atoms. The second-order valence-corrected chi connectivity index (χ2v) is 9.96. The number of hydrogen-bond donors (Lipinski definition) is 2. The van der Waals surface area contributed by atoms with E-state index in [4.69, 9.17) is 5.73 Å². The maximum absolute atomic E-state index is 13.3. The Kier molecular flexibility index (Phi) is 5.24. The van der Waals surface area contributed by atoms with Crippen LogP contribution in [-0.2, 0) is 6.18 Å². The Morgan fingerprint density at radius 1 is 1.22 bits per heavy atom. The molecule has 0 unspecified atom stereocenters. The number of likely N-dealkylation sites (tertiary alicyclic amines) is 1. The Morgan fingerprint density at radius 3 is 2.53 bits per heavy atom. The van der Waals surface area contributed by atoms with Gasteiger partial charge in [0.25, 0.3) is 0 Å². The molecule has 5 rings (SSSR count). The van der Waals surface area contributed by atoms with Crippen LogP contribution in [0.2, 0.25) is 0 Å². The van der Waals surface area contributed by atoms with Crippen molar-refractivity contribution in [1.82, 2.24) is 19.7 Å². The molecule has 1 saturated heterocycles. The smallest absolute Gasteiger partial charge is 0.396 e. The first kappa shape index (κ1) is 21.7. The Morgan fingerprint density at radius 2 is 1.94 bits per heavy atom. The topological polar surface area (TPSA) is 80.2 Å². The van der Waals surface area contributed by atoms with Gasteiger partial charge in [-0.25, -0.2) is 4.98 Å². The summed E-state index contributed by atoms with van der Waals surface area (Å²) >= 11 is 0. The van der Waals surface area contributed by atoms with E-state index in [1.54, 1.807) is 0 Å². The molecule has 9 heteroatoms. The number of pyridine rings is 1. The molecule has 2 aromatic heterocycles. The maximum atomic E-state index is 13.3. The third-order valence-corrected chi connectivity index (χ3v) is 7.63. The molecule has 2 aromatic rings. The minimum Gasteiger partial charge on any atom is -0.396 e. The number of anilines is 1. The number of nitrogen functional groups attached to an aromatic ring is 1. The molecule has 3 heterocycles. The first-order valence-corrected chi connectivity index (χ1v) is 11.4. The second kappa shape index (κ2) is 7.73. The van der Waals surface area contributed by atoms with E-state index in [2.05, 4.69) is 15.0 Å². The molecule has 2 aliphatic carbocycles. The van der Waals surface area contributed by atoms with Gasteiger partial charge in [-0.2, -0.15) is 18.3 Å². The van der Waals surface area contributed by atoms with Gasteiger partial charge < -0.3 is 10.8 Å². The van der Waals surface area contributed by atoms with Crippen LogP contribution in [0.1, 0.15) is 56.3 Å². The van der Waals surface area contributed by atoms with Crippen LogP contribution in [0.5, 0.6) is 0 Å². The number of fused-ring (bicyclic) bond motifs is 1. The SMILES string of the molecule is CC(C)n1nc(-c2cnc(N)c(C(F)(F)F)c2)cc1[C@H]1[C@@H]2C[C@@H](N3CC[C@H](CO)C3)C[C@@H]21. The average Bonchev–Trinajstić information content (AvgIpc) is 3.22. The van der Waals surface area contributed by atoms with Crippen molar-refractivity contribution in [3.05, 3.63) is 29.6 Å². The third-order valence-electron chi connectivity index (χ3n) is 7.63. The van der Waals surface area contributed by atoms with Crippen molar-refractivity contribution < 1.29 is 18.3 Å². The maximum Gasteiger partial charge on any atom is 0.419 e. The summed E-state index contributed by atoms with van der Waals surface area (Å²) in [5.74, 6) is 1.51. The van der Waals surface area contributed by atoms with Gasteiger partial charge in [-0.1, -0.05) is 0 Å². The monoisotopic (exact) mass is 449 g/mol. The summed E-state index contributed by atoms with van der Waals surface area (Å²) in [4.78, 5) is 6.31. The number of aliphatic hydroxyl groups excluding tert-OH is 1. The van der Waals surface area contributed by atoms with Crippen molar-refractivity contribution in [1.29, 1.82) is 0 Å². The Hall–Kier alpha value is -2.13. The number of hydrogen-bond acceptors (Lipinski definition) is 5. The minimum absolute atomic E-state index is 0.114. The molecule has 1 aliphatic heterocycles. The van der Waals surface area contributed by atoms with Gasteiger partial charge in [-0.3, -0.25) is 9.58 Å². The molecule has 0 radical (unpaired) electrons. The summed E-state index contributed by atoms with van der Waals surface area (Å²) < 4.78 is 41.9. The highest BCUT2D eigenvalue weighted by atomic mass is 19.4. The Labute approximate surface area is 185 Å². The van der Waals surface area contributed by atoms with Crippen molar-refractivity contribution in [3.8, 4) is 11.3 Å². The Balaban J connectivity index is 1.36. The number of alkyl halides is 3. The highest BCUT2D eigenvalue weighted by molar-refractivity contribution is 5.63. The fourth-order valence-electron chi connectivity index (χ4n) is 5.95. The number of halogens is 3. The van der Waals surface area contributed by atoms with Crippen LogP contribution in [0.4, 0.5) is 19.0 Å².